The molecule has 0 saturated heterocycles. The zero-order valence-electron chi connectivity index (χ0n) is 17.8. The molecule has 0 aliphatic rings. The van der Waals surface area contributed by atoms with Gasteiger partial charge in [0.05, 0.1) is 28.7 Å². The van der Waals surface area contributed by atoms with Crippen LogP contribution in [0.4, 0.5) is 5.69 Å². The Hall–Kier alpha value is -3.41. The third-order valence-electron chi connectivity index (χ3n) is 5.07. The predicted octanol–water partition coefficient (Wildman–Crippen LogP) is 4.47. The number of aromatic nitrogens is 2. The van der Waals surface area contributed by atoms with Crippen molar-refractivity contribution < 1.29 is 14.3 Å². The highest BCUT2D eigenvalue weighted by Gasteiger charge is 2.22. The highest BCUT2D eigenvalue weighted by molar-refractivity contribution is 5.94. The summed E-state index contributed by atoms with van der Waals surface area (Å²) < 4.78 is 7.08. The molecule has 0 saturated carbocycles. The van der Waals surface area contributed by atoms with Gasteiger partial charge in [0.25, 0.3) is 5.91 Å². The van der Waals surface area contributed by atoms with Crippen LogP contribution in [0.3, 0.4) is 0 Å². The van der Waals surface area contributed by atoms with Gasteiger partial charge in [-0.2, -0.15) is 5.10 Å². The van der Waals surface area contributed by atoms with Crippen molar-refractivity contribution in [3.8, 4) is 5.69 Å². The summed E-state index contributed by atoms with van der Waals surface area (Å²) in [6, 6.07) is 17.4. The van der Waals surface area contributed by atoms with Crippen LogP contribution in [0.15, 0.2) is 54.6 Å². The Bertz CT molecular complexity index is 1020. The lowest BCUT2D eigenvalue weighted by molar-refractivity contribution is -0.149. The van der Waals surface area contributed by atoms with Gasteiger partial charge < -0.3 is 10.1 Å². The van der Waals surface area contributed by atoms with Gasteiger partial charge in [-0.05, 0) is 44.9 Å². The minimum absolute atomic E-state index is 0.337. The Morgan fingerprint density at radius 1 is 1.03 bits per heavy atom. The normalized spacial score (nSPS) is 11.7. The maximum atomic E-state index is 12.5. The third kappa shape index (κ3) is 4.76. The summed E-state index contributed by atoms with van der Waals surface area (Å²) >= 11 is 0. The molecule has 1 N–H and O–H groups in total. The van der Waals surface area contributed by atoms with E-state index in [1.165, 1.54) is 0 Å². The van der Waals surface area contributed by atoms with Crippen LogP contribution in [0.2, 0.25) is 0 Å². The Morgan fingerprint density at radius 3 is 2.33 bits per heavy atom. The first-order valence-electron chi connectivity index (χ1n) is 10.1. The summed E-state index contributed by atoms with van der Waals surface area (Å²) in [6.45, 7) is 7.34. The Kier molecular flexibility index (Phi) is 6.67. The summed E-state index contributed by atoms with van der Waals surface area (Å²) in [5.74, 6) is -1.17. The van der Waals surface area contributed by atoms with Crippen LogP contribution in [-0.4, -0.2) is 28.3 Å². The number of esters is 1. The van der Waals surface area contributed by atoms with Gasteiger partial charge in [-0.15, -0.1) is 0 Å². The number of nitrogens with one attached hydrogen (secondary N) is 1. The van der Waals surface area contributed by atoms with Crippen molar-refractivity contribution in [2.45, 2.75) is 40.0 Å². The van der Waals surface area contributed by atoms with E-state index >= 15 is 0 Å². The number of carbonyl (C=O) groups excluding carboxylic acids is 2. The number of anilines is 1. The van der Waals surface area contributed by atoms with Crippen molar-refractivity contribution in [1.82, 2.24) is 9.78 Å². The van der Waals surface area contributed by atoms with E-state index in [1.54, 1.807) is 4.68 Å². The molecule has 0 spiro atoms. The molecule has 1 atom stereocenters. The highest BCUT2D eigenvalue weighted by Crippen LogP contribution is 2.24. The van der Waals surface area contributed by atoms with E-state index in [0.717, 1.165) is 22.5 Å². The second-order valence-electron chi connectivity index (χ2n) is 7.32. The Morgan fingerprint density at radius 2 is 1.70 bits per heavy atom. The van der Waals surface area contributed by atoms with E-state index in [4.69, 9.17) is 4.74 Å². The molecule has 0 unspecified atom stereocenters. The largest absolute Gasteiger partial charge is 0.455 e. The number of amides is 1. The SMILES string of the molecule is CC[C@H](C(=O)OCC(=O)Nc1c(C)nn(-c2ccc(C)cc2)c1C)c1ccccc1. The quantitative estimate of drug-likeness (QED) is 0.589. The monoisotopic (exact) mass is 405 g/mol. The van der Waals surface area contributed by atoms with E-state index < -0.39 is 5.97 Å². The number of hydrogen-bond donors (Lipinski definition) is 1. The third-order valence-corrected chi connectivity index (χ3v) is 5.07. The van der Waals surface area contributed by atoms with Gasteiger partial charge >= 0.3 is 5.97 Å². The van der Waals surface area contributed by atoms with Crippen molar-refractivity contribution in [1.29, 1.82) is 0 Å². The molecule has 0 bridgehead atoms. The smallest absolute Gasteiger partial charge is 0.313 e. The minimum Gasteiger partial charge on any atom is -0.455 e. The summed E-state index contributed by atoms with van der Waals surface area (Å²) in [5, 5.41) is 7.37. The molecular formula is C24H27N3O3. The first-order chi connectivity index (χ1) is 14.4. The zero-order valence-corrected chi connectivity index (χ0v) is 17.8. The van der Waals surface area contributed by atoms with Gasteiger partial charge in [0.2, 0.25) is 0 Å². The molecule has 0 radical (unpaired) electrons. The van der Waals surface area contributed by atoms with Gasteiger partial charge in [-0.1, -0.05) is 55.0 Å². The highest BCUT2D eigenvalue weighted by atomic mass is 16.5. The number of carbonyl (C=O) groups is 2. The van der Waals surface area contributed by atoms with Crippen molar-refractivity contribution in [2.24, 2.45) is 0 Å². The van der Waals surface area contributed by atoms with E-state index in [2.05, 4.69) is 10.4 Å². The van der Waals surface area contributed by atoms with Crippen LogP contribution in [0.1, 0.15) is 41.8 Å². The van der Waals surface area contributed by atoms with Gasteiger partial charge in [-0.3, -0.25) is 9.59 Å². The van der Waals surface area contributed by atoms with E-state index in [9.17, 15) is 9.59 Å². The molecule has 3 aromatic rings. The number of ether oxygens (including phenoxy) is 1. The predicted molar refractivity (Wildman–Crippen MR) is 117 cm³/mol. The zero-order chi connectivity index (χ0) is 21.7. The first kappa shape index (κ1) is 21.3. The maximum Gasteiger partial charge on any atom is 0.313 e. The molecule has 6 nitrogen and oxygen atoms in total. The van der Waals surface area contributed by atoms with Crippen molar-refractivity contribution in [3.63, 3.8) is 0 Å². The second-order valence-corrected chi connectivity index (χ2v) is 7.32. The molecule has 2 aromatic carbocycles. The van der Waals surface area contributed by atoms with Crippen LogP contribution in [-0.2, 0) is 14.3 Å². The van der Waals surface area contributed by atoms with Gasteiger partial charge in [0.15, 0.2) is 6.61 Å². The first-order valence-corrected chi connectivity index (χ1v) is 10.1. The number of hydrogen-bond acceptors (Lipinski definition) is 4. The Balaban J connectivity index is 1.65. The molecule has 0 aliphatic carbocycles. The summed E-state index contributed by atoms with van der Waals surface area (Å²) in [6.07, 6.45) is 0.603. The molecule has 30 heavy (non-hydrogen) atoms. The topological polar surface area (TPSA) is 73.2 Å². The number of aryl methyl sites for hydroxylation is 2. The number of nitrogens with zero attached hydrogens (tertiary/aromatic N) is 2. The fourth-order valence-corrected chi connectivity index (χ4v) is 3.40. The fourth-order valence-electron chi connectivity index (χ4n) is 3.40. The number of benzene rings is 2. The molecule has 3 rings (SSSR count). The van der Waals surface area contributed by atoms with Crippen molar-refractivity contribution >= 4 is 17.6 Å². The average molecular weight is 405 g/mol. The van der Waals surface area contributed by atoms with Crippen molar-refractivity contribution in [3.05, 3.63) is 77.1 Å². The summed E-state index contributed by atoms with van der Waals surface area (Å²) in [5.41, 5.74) is 5.11. The molecular weight excluding hydrogens is 378 g/mol. The summed E-state index contributed by atoms with van der Waals surface area (Å²) in [4.78, 5) is 24.9. The maximum absolute atomic E-state index is 12.5. The van der Waals surface area contributed by atoms with Crippen LogP contribution in [0.25, 0.3) is 5.69 Å². The van der Waals surface area contributed by atoms with Gasteiger partial charge in [-0.25, -0.2) is 4.68 Å². The second kappa shape index (κ2) is 9.39. The Labute approximate surface area is 176 Å². The lowest BCUT2D eigenvalue weighted by Gasteiger charge is -2.14. The lowest BCUT2D eigenvalue weighted by Crippen LogP contribution is -2.24. The van der Waals surface area contributed by atoms with E-state index in [-0.39, 0.29) is 18.4 Å². The summed E-state index contributed by atoms with van der Waals surface area (Å²) in [7, 11) is 0. The van der Waals surface area contributed by atoms with Crippen molar-refractivity contribution in [2.75, 3.05) is 11.9 Å². The molecule has 0 fully saturated rings. The average Bonchev–Trinajstić information content (AvgIpc) is 3.02. The van der Waals surface area contributed by atoms with Crippen LogP contribution >= 0.6 is 0 Å². The van der Waals surface area contributed by atoms with Crippen LogP contribution in [0, 0.1) is 20.8 Å². The molecule has 1 aromatic heterocycles. The van der Waals surface area contributed by atoms with Gasteiger partial charge in [0, 0.05) is 0 Å². The van der Waals surface area contributed by atoms with Gasteiger partial charge in [0.1, 0.15) is 0 Å². The van der Waals surface area contributed by atoms with Crippen LogP contribution < -0.4 is 5.32 Å². The molecule has 0 aliphatic heterocycles. The van der Waals surface area contributed by atoms with E-state index in [1.807, 2.05) is 82.3 Å². The molecule has 1 heterocycles. The fraction of sp³-hybridized carbons (Fsp3) is 0.292. The number of rotatable bonds is 7. The minimum atomic E-state index is -0.400. The molecule has 6 heteroatoms. The molecule has 156 valence electrons. The van der Waals surface area contributed by atoms with E-state index in [0.29, 0.717) is 17.8 Å². The van der Waals surface area contributed by atoms with Crippen LogP contribution in [0.5, 0.6) is 0 Å². The standard InChI is InChI=1S/C24H27N3O3/c1-5-21(19-9-7-6-8-10-19)24(29)30-15-22(28)25-23-17(3)26-27(18(23)4)20-13-11-16(2)12-14-20/h6-14,21H,5,15H2,1-4H3,(H,25,28)/t21-/m0/s1. The lowest BCUT2D eigenvalue weighted by atomic mass is 9.97. The molecule has 1 amide bonds.